The molecule has 0 aromatic carbocycles. The second-order valence-electron chi connectivity index (χ2n) is 5.16. The second kappa shape index (κ2) is 9.59. The Labute approximate surface area is 117 Å². The topological polar surface area (TPSA) is 63.8 Å². The summed E-state index contributed by atoms with van der Waals surface area (Å²) in [4.78, 5) is 8.16. The third kappa shape index (κ3) is 6.99. The van der Waals surface area contributed by atoms with Gasteiger partial charge in [0.1, 0.15) is 5.82 Å². The molecule has 4 heteroatoms. The molecule has 108 valence electrons. The number of nitrogen functional groups attached to an aromatic ring is 1. The van der Waals surface area contributed by atoms with Gasteiger partial charge in [-0.25, -0.2) is 4.98 Å². The van der Waals surface area contributed by atoms with Gasteiger partial charge in [0.25, 0.3) is 0 Å². The molecule has 1 aromatic rings. The van der Waals surface area contributed by atoms with Crippen LogP contribution in [-0.4, -0.2) is 16.5 Å². The molecule has 0 saturated carbocycles. The zero-order valence-electron chi connectivity index (χ0n) is 12.4. The first kappa shape index (κ1) is 15.7. The van der Waals surface area contributed by atoms with E-state index in [2.05, 4.69) is 22.2 Å². The van der Waals surface area contributed by atoms with Crippen molar-refractivity contribution in [3.05, 3.63) is 11.8 Å². The van der Waals surface area contributed by atoms with Crippen LogP contribution >= 0.6 is 0 Å². The van der Waals surface area contributed by atoms with E-state index in [4.69, 9.17) is 5.73 Å². The molecule has 0 fully saturated rings. The highest BCUT2D eigenvalue weighted by molar-refractivity contribution is 5.44. The summed E-state index contributed by atoms with van der Waals surface area (Å²) in [7, 11) is 0. The molecule has 0 spiro atoms. The van der Waals surface area contributed by atoms with Crippen LogP contribution in [0.4, 0.5) is 11.8 Å². The Morgan fingerprint density at radius 2 is 1.68 bits per heavy atom. The number of aromatic nitrogens is 2. The number of aryl methyl sites for hydroxylation is 1. The first-order valence-corrected chi connectivity index (χ1v) is 7.57. The molecule has 0 aliphatic carbocycles. The summed E-state index contributed by atoms with van der Waals surface area (Å²) in [5.41, 5.74) is 6.62. The Bertz CT molecular complexity index is 352. The maximum Gasteiger partial charge on any atom is 0.221 e. The molecule has 0 saturated heterocycles. The Hall–Kier alpha value is -1.32. The third-order valence-electron chi connectivity index (χ3n) is 3.31. The summed E-state index contributed by atoms with van der Waals surface area (Å²) in [6.45, 7) is 5.22. The number of anilines is 2. The number of hydrogen-bond donors (Lipinski definition) is 2. The highest BCUT2D eigenvalue weighted by Crippen LogP contribution is 2.12. The van der Waals surface area contributed by atoms with Crippen molar-refractivity contribution in [3.63, 3.8) is 0 Å². The van der Waals surface area contributed by atoms with Crippen LogP contribution in [-0.2, 0) is 0 Å². The molecule has 19 heavy (non-hydrogen) atoms. The predicted molar refractivity (Wildman–Crippen MR) is 82.3 cm³/mol. The highest BCUT2D eigenvalue weighted by Gasteiger charge is 2.00. The van der Waals surface area contributed by atoms with Gasteiger partial charge in [-0.2, -0.15) is 4.98 Å². The van der Waals surface area contributed by atoms with Crippen LogP contribution < -0.4 is 11.1 Å². The molecule has 0 unspecified atom stereocenters. The lowest BCUT2D eigenvalue weighted by Gasteiger charge is -2.08. The summed E-state index contributed by atoms with van der Waals surface area (Å²) >= 11 is 0. The van der Waals surface area contributed by atoms with E-state index in [9.17, 15) is 0 Å². The molecular formula is C15H28N4. The summed E-state index contributed by atoms with van der Waals surface area (Å²) in [5.74, 6) is 1.21. The number of nitrogens with one attached hydrogen (secondary N) is 1. The first-order chi connectivity index (χ1) is 9.24. The van der Waals surface area contributed by atoms with Crippen LogP contribution in [0.25, 0.3) is 0 Å². The van der Waals surface area contributed by atoms with Crippen LogP contribution in [0.3, 0.4) is 0 Å². The molecule has 1 heterocycles. The Morgan fingerprint density at radius 1 is 1.05 bits per heavy atom. The van der Waals surface area contributed by atoms with Gasteiger partial charge in [0.05, 0.1) is 0 Å². The molecule has 0 amide bonds. The van der Waals surface area contributed by atoms with Crippen molar-refractivity contribution in [2.24, 2.45) is 0 Å². The molecule has 0 radical (unpaired) electrons. The Kier molecular flexibility index (Phi) is 7.94. The minimum Gasteiger partial charge on any atom is -0.370 e. The van der Waals surface area contributed by atoms with Crippen LogP contribution in [0.2, 0.25) is 0 Å². The van der Waals surface area contributed by atoms with Crippen molar-refractivity contribution in [1.29, 1.82) is 0 Å². The highest BCUT2D eigenvalue weighted by atomic mass is 15.1. The maximum absolute atomic E-state index is 5.58. The summed E-state index contributed by atoms with van der Waals surface area (Å²) in [5, 5.41) is 3.33. The van der Waals surface area contributed by atoms with Crippen LogP contribution in [0, 0.1) is 6.92 Å². The lowest BCUT2D eigenvalue weighted by molar-refractivity contribution is 0.581. The van der Waals surface area contributed by atoms with E-state index < -0.39 is 0 Å². The number of nitrogens with zero attached hydrogens (tertiary/aromatic N) is 2. The molecule has 0 atom stereocenters. The minimum atomic E-state index is 0.337. The SMILES string of the molecule is CCCCCCCCCCNc1nc(N)ncc1C. The Balaban J connectivity index is 2.03. The van der Waals surface area contributed by atoms with Crippen LogP contribution in [0.5, 0.6) is 0 Å². The first-order valence-electron chi connectivity index (χ1n) is 7.57. The van der Waals surface area contributed by atoms with Gasteiger partial charge in [0, 0.05) is 18.3 Å². The molecule has 3 N–H and O–H groups in total. The number of nitrogens with two attached hydrogens (primary N) is 1. The van der Waals surface area contributed by atoms with Crippen molar-refractivity contribution >= 4 is 11.8 Å². The predicted octanol–water partition coefficient (Wildman–Crippen LogP) is 3.92. The fourth-order valence-corrected chi connectivity index (χ4v) is 2.10. The van der Waals surface area contributed by atoms with Crippen molar-refractivity contribution in [1.82, 2.24) is 9.97 Å². The number of hydrogen-bond acceptors (Lipinski definition) is 4. The molecule has 0 bridgehead atoms. The third-order valence-corrected chi connectivity index (χ3v) is 3.31. The van der Waals surface area contributed by atoms with Crippen molar-refractivity contribution in [3.8, 4) is 0 Å². The summed E-state index contributed by atoms with van der Waals surface area (Å²) < 4.78 is 0. The van der Waals surface area contributed by atoms with E-state index >= 15 is 0 Å². The lowest BCUT2D eigenvalue weighted by atomic mass is 10.1. The van der Waals surface area contributed by atoms with E-state index in [1.54, 1.807) is 6.20 Å². The average Bonchev–Trinajstić information content (AvgIpc) is 2.40. The average molecular weight is 264 g/mol. The quantitative estimate of drug-likeness (QED) is 0.629. The molecule has 1 aromatic heterocycles. The summed E-state index contributed by atoms with van der Waals surface area (Å²) in [6, 6.07) is 0. The molecule has 0 aliphatic heterocycles. The zero-order valence-corrected chi connectivity index (χ0v) is 12.4. The van der Waals surface area contributed by atoms with Gasteiger partial charge >= 0.3 is 0 Å². The smallest absolute Gasteiger partial charge is 0.221 e. The van der Waals surface area contributed by atoms with E-state index in [1.807, 2.05) is 6.92 Å². The van der Waals surface area contributed by atoms with Crippen molar-refractivity contribution in [2.45, 2.75) is 65.2 Å². The molecule has 0 aliphatic rings. The van der Waals surface area contributed by atoms with Gasteiger partial charge in [-0.05, 0) is 13.3 Å². The normalized spacial score (nSPS) is 10.6. The lowest BCUT2D eigenvalue weighted by Crippen LogP contribution is -2.07. The minimum absolute atomic E-state index is 0.337. The fourth-order valence-electron chi connectivity index (χ4n) is 2.10. The van der Waals surface area contributed by atoms with E-state index in [-0.39, 0.29) is 0 Å². The van der Waals surface area contributed by atoms with Crippen LogP contribution in [0.1, 0.15) is 63.9 Å². The fraction of sp³-hybridized carbons (Fsp3) is 0.733. The number of unbranched alkanes of at least 4 members (excludes halogenated alkanes) is 7. The maximum atomic E-state index is 5.58. The van der Waals surface area contributed by atoms with Gasteiger partial charge in [-0.3, -0.25) is 0 Å². The van der Waals surface area contributed by atoms with Gasteiger partial charge in [0.2, 0.25) is 5.95 Å². The van der Waals surface area contributed by atoms with Crippen molar-refractivity contribution < 1.29 is 0 Å². The van der Waals surface area contributed by atoms with E-state index in [1.165, 1.54) is 51.4 Å². The standard InChI is InChI=1S/C15H28N4/c1-3-4-5-6-7-8-9-10-11-17-14-13(2)12-18-15(16)19-14/h12H,3-11H2,1-2H3,(H3,16,17,18,19). The monoisotopic (exact) mass is 264 g/mol. The Morgan fingerprint density at radius 3 is 2.37 bits per heavy atom. The van der Waals surface area contributed by atoms with E-state index in [0.29, 0.717) is 5.95 Å². The summed E-state index contributed by atoms with van der Waals surface area (Å²) in [6.07, 6.45) is 12.5. The van der Waals surface area contributed by atoms with Gasteiger partial charge in [0.15, 0.2) is 0 Å². The van der Waals surface area contributed by atoms with Gasteiger partial charge < -0.3 is 11.1 Å². The number of rotatable bonds is 10. The van der Waals surface area contributed by atoms with Gasteiger partial charge in [-0.1, -0.05) is 51.9 Å². The largest absolute Gasteiger partial charge is 0.370 e. The second-order valence-corrected chi connectivity index (χ2v) is 5.16. The van der Waals surface area contributed by atoms with Gasteiger partial charge in [-0.15, -0.1) is 0 Å². The molecule has 4 nitrogen and oxygen atoms in total. The molecular weight excluding hydrogens is 236 g/mol. The molecule has 1 rings (SSSR count). The van der Waals surface area contributed by atoms with E-state index in [0.717, 1.165) is 17.9 Å². The zero-order chi connectivity index (χ0) is 13.9. The van der Waals surface area contributed by atoms with Crippen molar-refractivity contribution in [2.75, 3.05) is 17.6 Å². The van der Waals surface area contributed by atoms with Crippen LogP contribution in [0.15, 0.2) is 6.20 Å².